The minimum Gasteiger partial charge on any atom is -0.385 e. The predicted octanol–water partition coefficient (Wildman–Crippen LogP) is 2.24. The van der Waals surface area contributed by atoms with Crippen molar-refractivity contribution in [1.82, 2.24) is 0 Å². The third-order valence-corrected chi connectivity index (χ3v) is 1.85. The van der Waals surface area contributed by atoms with E-state index in [1.165, 1.54) is 0 Å². The SMILES string of the molecule is CCCOCC(C)OCCCCOC. The van der Waals surface area contributed by atoms with E-state index in [1.54, 1.807) is 7.11 Å². The molecule has 0 aliphatic carbocycles. The molecule has 14 heavy (non-hydrogen) atoms. The first-order valence-electron chi connectivity index (χ1n) is 5.49. The van der Waals surface area contributed by atoms with Gasteiger partial charge in [0.25, 0.3) is 0 Å². The number of unbranched alkanes of at least 4 members (excludes halogenated alkanes) is 1. The van der Waals surface area contributed by atoms with Gasteiger partial charge in [0.1, 0.15) is 0 Å². The van der Waals surface area contributed by atoms with Crippen LogP contribution in [0.25, 0.3) is 0 Å². The van der Waals surface area contributed by atoms with Crippen LogP contribution in [0, 0.1) is 0 Å². The van der Waals surface area contributed by atoms with E-state index in [4.69, 9.17) is 14.2 Å². The largest absolute Gasteiger partial charge is 0.385 e. The topological polar surface area (TPSA) is 27.7 Å². The molecule has 0 heterocycles. The summed E-state index contributed by atoms with van der Waals surface area (Å²) >= 11 is 0. The Labute approximate surface area is 87.7 Å². The van der Waals surface area contributed by atoms with Gasteiger partial charge >= 0.3 is 0 Å². The Morgan fingerprint density at radius 3 is 2.43 bits per heavy atom. The van der Waals surface area contributed by atoms with Crippen molar-refractivity contribution in [1.29, 1.82) is 0 Å². The standard InChI is InChI=1S/C11H24O3/c1-4-7-13-10-11(2)14-9-6-5-8-12-3/h11H,4-10H2,1-3H3. The van der Waals surface area contributed by atoms with Crippen LogP contribution in [-0.4, -0.2) is 39.6 Å². The Hall–Kier alpha value is -0.120. The maximum absolute atomic E-state index is 5.55. The molecule has 0 rings (SSSR count). The zero-order valence-electron chi connectivity index (χ0n) is 9.75. The molecular weight excluding hydrogens is 180 g/mol. The Bertz CT molecular complexity index is 107. The summed E-state index contributed by atoms with van der Waals surface area (Å²) in [7, 11) is 1.72. The Kier molecular flexibility index (Phi) is 10.9. The maximum atomic E-state index is 5.55. The molecule has 0 saturated heterocycles. The van der Waals surface area contributed by atoms with Crippen LogP contribution in [0.5, 0.6) is 0 Å². The first kappa shape index (κ1) is 13.9. The molecule has 0 radical (unpaired) electrons. The van der Waals surface area contributed by atoms with E-state index in [-0.39, 0.29) is 6.10 Å². The van der Waals surface area contributed by atoms with Crippen molar-refractivity contribution in [2.75, 3.05) is 33.5 Å². The fraction of sp³-hybridized carbons (Fsp3) is 1.00. The van der Waals surface area contributed by atoms with E-state index in [1.807, 2.05) is 6.92 Å². The average molecular weight is 204 g/mol. The summed E-state index contributed by atoms with van der Waals surface area (Å²) in [5.74, 6) is 0. The molecule has 0 fully saturated rings. The lowest BCUT2D eigenvalue weighted by molar-refractivity contribution is -0.00875. The zero-order chi connectivity index (χ0) is 10.6. The van der Waals surface area contributed by atoms with Gasteiger partial charge in [-0.3, -0.25) is 0 Å². The van der Waals surface area contributed by atoms with Crippen molar-refractivity contribution in [3.8, 4) is 0 Å². The molecule has 0 N–H and O–H groups in total. The summed E-state index contributed by atoms with van der Waals surface area (Å²) in [6.45, 7) is 7.32. The summed E-state index contributed by atoms with van der Waals surface area (Å²) in [4.78, 5) is 0. The van der Waals surface area contributed by atoms with Gasteiger partial charge in [0.15, 0.2) is 0 Å². The predicted molar refractivity (Wildman–Crippen MR) is 57.6 cm³/mol. The first-order valence-corrected chi connectivity index (χ1v) is 5.49. The second kappa shape index (κ2) is 11.0. The number of hydrogen-bond donors (Lipinski definition) is 0. The lowest BCUT2D eigenvalue weighted by Gasteiger charge is -2.12. The van der Waals surface area contributed by atoms with E-state index >= 15 is 0 Å². The molecule has 3 nitrogen and oxygen atoms in total. The molecule has 0 saturated carbocycles. The smallest absolute Gasteiger partial charge is 0.0780 e. The fourth-order valence-electron chi connectivity index (χ4n) is 1.07. The molecule has 0 amide bonds. The van der Waals surface area contributed by atoms with Gasteiger partial charge in [0, 0.05) is 26.9 Å². The van der Waals surface area contributed by atoms with Crippen LogP contribution in [0.2, 0.25) is 0 Å². The zero-order valence-corrected chi connectivity index (χ0v) is 9.75. The molecule has 0 bridgehead atoms. The Morgan fingerprint density at radius 2 is 1.79 bits per heavy atom. The Morgan fingerprint density at radius 1 is 1.07 bits per heavy atom. The fourth-order valence-corrected chi connectivity index (χ4v) is 1.07. The van der Waals surface area contributed by atoms with E-state index in [0.29, 0.717) is 6.61 Å². The molecule has 0 aromatic carbocycles. The molecule has 0 aromatic rings. The molecule has 0 spiro atoms. The van der Waals surface area contributed by atoms with Crippen LogP contribution in [0.15, 0.2) is 0 Å². The second-order valence-electron chi connectivity index (χ2n) is 3.46. The Balaban J connectivity index is 3.06. The first-order chi connectivity index (χ1) is 6.81. The average Bonchev–Trinajstić information content (AvgIpc) is 2.18. The monoisotopic (exact) mass is 204 g/mol. The van der Waals surface area contributed by atoms with Crippen LogP contribution < -0.4 is 0 Å². The van der Waals surface area contributed by atoms with Crippen molar-refractivity contribution in [2.24, 2.45) is 0 Å². The van der Waals surface area contributed by atoms with Crippen molar-refractivity contribution < 1.29 is 14.2 Å². The number of rotatable bonds is 10. The summed E-state index contributed by atoms with van der Waals surface area (Å²) in [5, 5.41) is 0. The van der Waals surface area contributed by atoms with Gasteiger partial charge in [0.2, 0.25) is 0 Å². The number of ether oxygens (including phenoxy) is 3. The minimum atomic E-state index is 0.212. The summed E-state index contributed by atoms with van der Waals surface area (Å²) < 4.78 is 15.9. The van der Waals surface area contributed by atoms with E-state index < -0.39 is 0 Å². The molecule has 1 atom stereocenters. The summed E-state index contributed by atoms with van der Waals surface area (Å²) in [5.41, 5.74) is 0. The van der Waals surface area contributed by atoms with Crippen LogP contribution >= 0.6 is 0 Å². The molecule has 86 valence electrons. The van der Waals surface area contributed by atoms with Crippen LogP contribution in [0.3, 0.4) is 0 Å². The van der Waals surface area contributed by atoms with Gasteiger partial charge in [-0.1, -0.05) is 6.92 Å². The third kappa shape index (κ3) is 9.96. The van der Waals surface area contributed by atoms with Gasteiger partial charge < -0.3 is 14.2 Å². The van der Waals surface area contributed by atoms with Gasteiger partial charge in [-0.2, -0.15) is 0 Å². The lowest BCUT2D eigenvalue weighted by Crippen LogP contribution is -2.17. The van der Waals surface area contributed by atoms with Crippen molar-refractivity contribution in [2.45, 2.75) is 39.2 Å². The van der Waals surface area contributed by atoms with E-state index in [2.05, 4.69) is 6.92 Å². The van der Waals surface area contributed by atoms with Crippen LogP contribution in [0.1, 0.15) is 33.1 Å². The molecule has 0 aliphatic rings. The molecular formula is C11H24O3. The molecule has 1 unspecified atom stereocenters. The maximum Gasteiger partial charge on any atom is 0.0780 e. The highest BCUT2D eigenvalue weighted by atomic mass is 16.5. The highest BCUT2D eigenvalue weighted by Crippen LogP contribution is 1.97. The van der Waals surface area contributed by atoms with Gasteiger partial charge in [0.05, 0.1) is 12.7 Å². The normalized spacial score (nSPS) is 13.1. The quantitative estimate of drug-likeness (QED) is 0.511. The van der Waals surface area contributed by atoms with E-state index in [0.717, 1.165) is 39.1 Å². The minimum absolute atomic E-state index is 0.212. The van der Waals surface area contributed by atoms with Crippen LogP contribution in [0.4, 0.5) is 0 Å². The molecule has 3 heteroatoms. The van der Waals surface area contributed by atoms with E-state index in [9.17, 15) is 0 Å². The highest BCUT2D eigenvalue weighted by Gasteiger charge is 2.00. The van der Waals surface area contributed by atoms with Crippen molar-refractivity contribution in [3.63, 3.8) is 0 Å². The summed E-state index contributed by atoms with van der Waals surface area (Å²) in [6.07, 6.45) is 3.41. The molecule has 0 aliphatic heterocycles. The van der Waals surface area contributed by atoms with Crippen LogP contribution in [-0.2, 0) is 14.2 Å². The van der Waals surface area contributed by atoms with Gasteiger partial charge in [-0.15, -0.1) is 0 Å². The second-order valence-corrected chi connectivity index (χ2v) is 3.46. The lowest BCUT2D eigenvalue weighted by atomic mass is 10.3. The number of hydrogen-bond acceptors (Lipinski definition) is 3. The summed E-state index contributed by atoms with van der Waals surface area (Å²) in [6, 6.07) is 0. The number of methoxy groups -OCH3 is 1. The third-order valence-electron chi connectivity index (χ3n) is 1.85. The van der Waals surface area contributed by atoms with Gasteiger partial charge in [-0.25, -0.2) is 0 Å². The highest BCUT2D eigenvalue weighted by molar-refractivity contribution is 4.47. The van der Waals surface area contributed by atoms with Crippen molar-refractivity contribution in [3.05, 3.63) is 0 Å². The van der Waals surface area contributed by atoms with Gasteiger partial charge in [-0.05, 0) is 26.2 Å². The van der Waals surface area contributed by atoms with Crippen molar-refractivity contribution >= 4 is 0 Å². The molecule has 0 aromatic heterocycles.